The Morgan fingerprint density at radius 3 is 2.62 bits per heavy atom. The number of rotatable bonds is 5. The van der Waals surface area contributed by atoms with E-state index in [0.29, 0.717) is 6.54 Å². The van der Waals surface area contributed by atoms with Crippen molar-refractivity contribution in [1.29, 1.82) is 0 Å². The lowest BCUT2D eigenvalue weighted by Crippen LogP contribution is -2.35. The lowest BCUT2D eigenvalue weighted by atomic mass is 10.1. The van der Waals surface area contributed by atoms with Gasteiger partial charge in [-0.25, -0.2) is 0 Å². The monoisotopic (exact) mass is 319 g/mol. The van der Waals surface area contributed by atoms with Crippen LogP contribution in [-0.4, -0.2) is 12.0 Å². The summed E-state index contributed by atoms with van der Waals surface area (Å²) in [6.45, 7) is 4.31. The summed E-state index contributed by atoms with van der Waals surface area (Å²) in [4.78, 5) is 12.3. The van der Waals surface area contributed by atoms with Gasteiger partial charge in [0, 0.05) is 11.9 Å². The standard InChI is InChI=1S/C21H21NO2/c1-15-7-5-8-17(13-15)14-22-21(23)16(2)24-20-12-6-10-18-9-3-4-11-19(18)20/h3-13,16H,14H2,1-2H3,(H,22,23). The highest BCUT2D eigenvalue weighted by molar-refractivity contribution is 5.89. The number of amides is 1. The van der Waals surface area contributed by atoms with Crippen molar-refractivity contribution < 1.29 is 9.53 Å². The Hall–Kier alpha value is -2.81. The SMILES string of the molecule is Cc1cccc(CNC(=O)C(C)Oc2cccc3ccccc23)c1. The van der Waals surface area contributed by atoms with Gasteiger partial charge in [0.2, 0.25) is 0 Å². The minimum Gasteiger partial charge on any atom is -0.480 e. The average Bonchev–Trinajstić information content (AvgIpc) is 2.60. The predicted octanol–water partition coefficient (Wildman–Crippen LogP) is 4.23. The van der Waals surface area contributed by atoms with E-state index >= 15 is 0 Å². The van der Waals surface area contributed by atoms with E-state index in [-0.39, 0.29) is 5.91 Å². The van der Waals surface area contributed by atoms with Crippen molar-refractivity contribution in [3.05, 3.63) is 77.9 Å². The fraction of sp³-hybridized carbons (Fsp3) is 0.190. The Labute approximate surface area is 142 Å². The Kier molecular flexibility index (Phi) is 4.80. The van der Waals surface area contributed by atoms with Crippen molar-refractivity contribution in [2.45, 2.75) is 26.5 Å². The van der Waals surface area contributed by atoms with Crippen molar-refractivity contribution in [1.82, 2.24) is 5.32 Å². The number of hydrogen-bond acceptors (Lipinski definition) is 2. The summed E-state index contributed by atoms with van der Waals surface area (Å²) in [5.74, 6) is 0.607. The van der Waals surface area contributed by atoms with Crippen LogP contribution in [0.2, 0.25) is 0 Å². The van der Waals surface area contributed by atoms with Crippen LogP contribution >= 0.6 is 0 Å². The smallest absolute Gasteiger partial charge is 0.261 e. The Morgan fingerprint density at radius 2 is 1.79 bits per heavy atom. The second-order valence-corrected chi connectivity index (χ2v) is 5.94. The third kappa shape index (κ3) is 3.74. The normalized spacial score (nSPS) is 11.9. The molecular weight excluding hydrogens is 298 g/mol. The minimum atomic E-state index is -0.555. The molecule has 0 fully saturated rings. The maximum atomic E-state index is 12.3. The lowest BCUT2D eigenvalue weighted by molar-refractivity contribution is -0.127. The highest BCUT2D eigenvalue weighted by Gasteiger charge is 2.15. The summed E-state index contributed by atoms with van der Waals surface area (Å²) in [7, 11) is 0. The zero-order valence-electron chi connectivity index (χ0n) is 14.0. The number of benzene rings is 3. The highest BCUT2D eigenvalue weighted by atomic mass is 16.5. The molecule has 3 nitrogen and oxygen atoms in total. The molecule has 1 atom stereocenters. The molecule has 0 radical (unpaired) electrons. The molecule has 1 N–H and O–H groups in total. The molecule has 0 heterocycles. The van der Waals surface area contributed by atoms with Gasteiger partial charge in [-0.1, -0.05) is 66.2 Å². The molecule has 3 aromatic rings. The maximum Gasteiger partial charge on any atom is 0.261 e. The summed E-state index contributed by atoms with van der Waals surface area (Å²) in [6, 6.07) is 22.0. The first-order chi connectivity index (χ1) is 11.6. The van der Waals surface area contributed by atoms with Crippen LogP contribution < -0.4 is 10.1 Å². The summed E-state index contributed by atoms with van der Waals surface area (Å²) >= 11 is 0. The maximum absolute atomic E-state index is 12.3. The number of nitrogens with one attached hydrogen (secondary N) is 1. The summed E-state index contributed by atoms with van der Waals surface area (Å²) in [5, 5.41) is 5.04. The van der Waals surface area contributed by atoms with Gasteiger partial charge >= 0.3 is 0 Å². The van der Waals surface area contributed by atoms with Gasteiger partial charge in [0.1, 0.15) is 5.75 Å². The van der Waals surface area contributed by atoms with Gasteiger partial charge in [-0.2, -0.15) is 0 Å². The van der Waals surface area contributed by atoms with Gasteiger partial charge in [-0.05, 0) is 30.9 Å². The molecule has 0 aromatic heterocycles. The van der Waals surface area contributed by atoms with Crippen molar-refractivity contribution >= 4 is 16.7 Å². The van der Waals surface area contributed by atoms with Crippen LogP contribution in [0.4, 0.5) is 0 Å². The summed E-state index contributed by atoms with van der Waals surface area (Å²) < 4.78 is 5.89. The molecule has 1 amide bonds. The Bertz CT molecular complexity index is 852. The zero-order chi connectivity index (χ0) is 16.9. The van der Waals surface area contributed by atoms with Gasteiger partial charge in [0.25, 0.3) is 5.91 Å². The van der Waals surface area contributed by atoms with E-state index in [1.165, 1.54) is 5.56 Å². The number of aryl methyl sites for hydroxylation is 1. The van der Waals surface area contributed by atoms with Crippen LogP contribution in [0, 0.1) is 6.92 Å². The number of ether oxygens (including phenoxy) is 1. The van der Waals surface area contributed by atoms with Crippen molar-refractivity contribution in [2.75, 3.05) is 0 Å². The molecule has 122 valence electrons. The molecule has 3 heteroatoms. The number of fused-ring (bicyclic) bond motifs is 1. The lowest BCUT2D eigenvalue weighted by Gasteiger charge is -2.16. The largest absolute Gasteiger partial charge is 0.480 e. The molecule has 0 saturated heterocycles. The topological polar surface area (TPSA) is 38.3 Å². The van der Waals surface area contributed by atoms with E-state index in [1.807, 2.05) is 67.6 Å². The fourth-order valence-electron chi connectivity index (χ4n) is 2.70. The number of carbonyl (C=O) groups is 1. The minimum absolute atomic E-state index is 0.121. The first kappa shape index (κ1) is 16.1. The van der Waals surface area contributed by atoms with E-state index in [1.54, 1.807) is 6.92 Å². The second-order valence-electron chi connectivity index (χ2n) is 5.94. The van der Waals surface area contributed by atoms with Gasteiger partial charge in [0.05, 0.1) is 0 Å². The predicted molar refractivity (Wildman–Crippen MR) is 97.1 cm³/mol. The van der Waals surface area contributed by atoms with Crippen LogP contribution in [0.3, 0.4) is 0 Å². The van der Waals surface area contributed by atoms with Crippen LogP contribution in [0.1, 0.15) is 18.1 Å². The zero-order valence-corrected chi connectivity index (χ0v) is 14.0. The molecule has 1 unspecified atom stereocenters. The molecule has 24 heavy (non-hydrogen) atoms. The van der Waals surface area contributed by atoms with Gasteiger partial charge in [0.15, 0.2) is 6.10 Å². The molecule has 3 aromatic carbocycles. The second kappa shape index (κ2) is 7.18. The first-order valence-electron chi connectivity index (χ1n) is 8.11. The molecule has 0 aliphatic heterocycles. The van der Waals surface area contributed by atoms with E-state index < -0.39 is 6.10 Å². The van der Waals surface area contributed by atoms with Crippen molar-refractivity contribution in [3.8, 4) is 5.75 Å². The Morgan fingerprint density at radius 1 is 1.04 bits per heavy atom. The Balaban J connectivity index is 1.65. The molecule has 3 rings (SSSR count). The van der Waals surface area contributed by atoms with Crippen LogP contribution in [0.25, 0.3) is 10.8 Å². The summed E-state index contributed by atoms with van der Waals surface area (Å²) in [6.07, 6.45) is -0.555. The summed E-state index contributed by atoms with van der Waals surface area (Å²) in [5.41, 5.74) is 2.27. The first-order valence-corrected chi connectivity index (χ1v) is 8.11. The molecule has 0 aliphatic rings. The third-order valence-corrected chi connectivity index (χ3v) is 3.97. The molecule has 0 spiro atoms. The van der Waals surface area contributed by atoms with E-state index in [4.69, 9.17) is 4.74 Å². The third-order valence-electron chi connectivity index (χ3n) is 3.97. The van der Waals surface area contributed by atoms with Gasteiger partial charge < -0.3 is 10.1 Å². The van der Waals surface area contributed by atoms with E-state index in [9.17, 15) is 4.79 Å². The molecular formula is C21H21NO2. The van der Waals surface area contributed by atoms with Crippen LogP contribution in [-0.2, 0) is 11.3 Å². The van der Waals surface area contributed by atoms with E-state index in [0.717, 1.165) is 22.1 Å². The van der Waals surface area contributed by atoms with Crippen molar-refractivity contribution in [3.63, 3.8) is 0 Å². The van der Waals surface area contributed by atoms with Crippen LogP contribution in [0.15, 0.2) is 66.7 Å². The highest BCUT2D eigenvalue weighted by Crippen LogP contribution is 2.26. The number of carbonyl (C=O) groups excluding carboxylic acids is 1. The van der Waals surface area contributed by atoms with Gasteiger partial charge in [-0.3, -0.25) is 4.79 Å². The van der Waals surface area contributed by atoms with Crippen molar-refractivity contribution in [2.24, 2.45) is 0 Å². The average molecular weight is 319 g/mol. The quantitative estimate of drug-likeness (QED) is 0.764. The molecule has 0 bridgehead atoms. The number of hydrogen-bond donors (Lipinski definition) is 1. The molecule has 0 aliphatic carbocycles. The van der Waals surface area contributed by atoms with Crippen LogP contribution in [0.5, 0.6) is 5.75 Å². The van der Waals surface area contributed by atoms with Gasteiger partial charge in [-0.15, -0.1) is 0 Å². The molecule has 0 saturated carbocycles. The van der Waals surface area contributed by atoms with E-state index in [2.05, 4.69) is 11.4 Å². The fourth-order valence-corrected chi connectivity index (χ4v) is 2.70.